The Kier molecular flexibility index (Phi) is 5.99. The first kappa shape index (κ1) is 19.7. The molecule has 2 aromatic rings. The summed E-state index contributed by atoms with van der Waals surface area (Å²) >= 11 is 1.48. The van der Waals surface area contributed by atoms with E-state index in [0.717, 1.165) is 54.0 Å². The third-order valence-electron chi connectivity index (χ3n) is 5.57. The zero-order valence-corrected chi connectivity index (χ0v) is 17.4. The largest absolute Gasteiger partial charge is 0.497 e. The second kappa shape index (κ2) is 8.82. The van der Waals surface area contributed by atoms with Crippen molar-refractivity contribution >= 4 is 28.4 Å². The van der Waals surface area contributed by atoms with E-state index in [1.54, 1.807) is 7.11 Å². The van der Waals surface area contributed by atoms with Crippen LogP contribution in [0.5, 0.6) is 5.75 Å². The second-order valence-electron chi connectivity index (χ2n) is 7.51. The molecule has 1 aromatic heterocycles. The van der Waals surface area contributed by atoms with Crippen LogP contribution in [0, 0.1) is 5.92 Å². The number of nitrogens with one attached hydrogen (secondary N) is 2. The van der Waals surface area contributed by atoms with Crippen molar-refractivity contribution in [3.05, 3.63) is 40.4 Å². The maximum absolute atomic E-state index is 12.5. The normalized spacial score (nSPS) is 16.0. The lowest BCUT2D eigenvalue weighted by atomic mass is 9.85. The Morgan fingerprint density at radius 1 is 1.28 bits per heavy atom. The first-order valence-corrected chi connectivity index (χ1v) is 10.9. The molecule has 0 saturated heterocycles. The summed E-state index contributed by atoms with van der Waals surface area (Å²) in [6, 6.07) is 7.81. The molecule has 7 nitrogen and oxygen atoms in total. The van der Waals surface area contributed by atoms with Crippen molar-refractivity contribution in [3.63, 3.8) is 0 Å². The molecule has 2 N–H and O–H groups in total. The molecule has 3 amide bonds. The van der Waals surface area contributed by atoms with Crippen molar-refractivity contribution in [1.82, 2.24) is 15.2 Å². The number of nitrogens with zero attached hydrogens (tertiary/aromatic N) is 2. The lowest BCUT2D eigenvalue weighted by molar-refractivity contribution is -0.122. The summed E-state index contributed by atoms with van der Waals surface area (Å²) in [5.74, 6) is 1.05. The number of carbonyl (C=O) groups excluding carboxylic acids is 2. The average molecular weight is 415 g/mol. The SMILES string of the molecule is COc1ccc(CCNC(=O)N2CCc3nc(NC(=O)C4CCC4)sc3C2)cc1. The molecule has 0 spiro atoms. The molecule has 0 radical (unpaired) electrons. The van der Waals surface area contributed by atoms with Crippen LogP contribution in [0.25, 0.3) is 0 Å². The molecule has 1 aliphatic heterocycles. The number of benzene rings is 1. The summed E-state index contributed by atoms with van der Waals surface area (Å²) in [5.41, 5.74) is 2.16. The summed E-state index contributed by atoms with van der Waals surface area (Å²) in [6.07, 6.45) is 4.57. The van der Waals surface area contributed by atoms with Gasteiger partial charge in [0.1, 0.15) is 5.75 Å². The molecule has 1 aliphatic carbocycles. The van der Waals surface area contributed by atoms with Crippen molar-refractivity contribution in [2.45, 2.75) is 38.6 Å². The van der Waals surface area contributed by atoms with E-state index >= 15 is 0 Å². The molecule has 1 fully saturated rings. The van der Waals surface area contributed by atoms with Gasteiger partial charge < -0.3 is 20.3 Å². The molecule has 0 unspecified atom stereocenters. The van der Waals surface area contributed by atoms with Gasteiger partial charge in [0, 0.05) is 30.3 Å². The fraction of sp³-hybridized carbons (Fsp3) is 0.476. The minimum Gasteiger partial charge on any atom is -0.497 e. The standard InChI is InChI=1S/C21H26N4O3S/c1-28-16-7-5-14(6-8-16)9-11-22-21(27)25-12-10-17-18(13-25)29-20(23-17)24-19(26)15-3-2-4-15/h5-8,15H,2-4,9-13H2,1H3,(H,22,27)(H,23,24,26). The Labute approximate surface area is 174 Å². The van der Waals surface area contributed by atoms with Gasteiger partial charge in [-0.15, -0.1) is 0 Å². The van der Waals surface area contributed by atoms with Gasteiger partial charge in [-0.2, -0.15) is 0 Å². The van der Waals surface area contributed by atoms with Gasteiger partial charge >= 0.3 is 6.03 Å². The van der Waals surface area contributed by atoms with Crippen LogP contribution in [0.4, 0.5) is 9.93 Å². The van der Waals surface area contributed by atoms with Crippen molar-refractivity contribution in [2.24, 2.45) is 5.92 Å². The molecule has 29 heavy (non-hydrogen) atoms. The number of amides is 3. The molecular formula is C21H26N4O3S. The fourth-order valence-corrected chi connectivity index (χ4v) is 4.54. The van der Waals surface area contributed by atoms with Crippen molar-refractivity contribution < 1.29 is 14.3 Å². The average Bonchev–Trinajstić information content (AvgIpc) is 3.08. The van der Waals surface area contributed by atoms with Crippen LogP contribution in [0.3, 0.4) is 0 Å². The highest BCUT2D eigenvalue weighted by atomic mass is 32.1. The van der Waals surface area contributed by atoms with Crippen molar-refractivity contribution in [3.8, 4) is 5.75 Å². The smallest absolute Gasteiger partial charge is 0.317 e. The van der Waals surface area contributed by atoms with Crippen LogP contribution < -0.4 is 15.4 Å². The second-order valence-corrected chi connectivity index (χ2v) is 8.59. The number of methoxy groups -OCH3 is 1. The molecule has 2 heterocycles. The van der Waals surface area contributed by atoms with E-state index in [1.165, 1.54) is 11.3 Å². The molecule has 1 aromatic carbocycles. The number of rotatable bonds is 6. The number of fused-ring (bicyclic) bond motifs is 1. The monoisotopic (exact) mass is 414 g/mol. The summed E-state index contributed by atoms with van der Waals surface area (Å²) < 4.78 is 5.16. The Hall–Kier alpha value is -2.61. The molecular weight excluding hydrogens is 388 g/mol. The first-order valence-electron chi connectivity index (χ1n) is 10.1. The molecule has 0 bridgehead atoms. The predicted octanol–water partition coefficient (Wildman–Crippen LogP) is 3.20. The van der Waals surface area contributed by atoms with Gasteiger partial charge in [0.05, 0.1) is 19.3 Å². The zero-order chi connectivity index (χ0) is 20.2. The number of ether oxygens (including phenoxy) is 1. The molecule has 2 aliphatic rings. The van der Waals surface area contributed by atoms with Crippen LogP contribution in [0.15, 0.2) is 24.3 Å². The van der Waals surface area contributed by atoms with E-state index in [1.807, 2.05) is 29.2 Å². The van der Waals surface area contributed by atoms with Gasteiger partial charge in [-0.1, -0.05) is 29.9 Å². The molecule has 4 rings (SSSR count). The summed E-state index contributed by atoms with van der Waals surface area (Å²) in [7, 11) is 1.65. The van der Waals surface area contributed by atoms with Gasteiger partial charge in [0.25, 0.3) is 0 Å². The Morgan fingerprint density at radius 2 is 2.07 bits per heavy atom. The summed E-state index contributed by atoms with van der Waals surface area (Å²) in [6.45, 7) is 1.77. The fourth-order valence-electron chi connectivity index (χ4n) is 3.52. The lowest BCUT2D eigenvalue weighted by Crippen LogP contribution is -2.43. The number of urea groups is 1. The van der Waals surface area contributed by atoms with E-state index in [2.05, 4.69) is 15.6 Å². The Balaban J connectivity index is 1.26. The predicted molar refractivity (Wildman–Crippen MR) is 112 cm³/mol. The Bertz CT molecular complexity index is 877. The minimum absolute atomic E-state index is 0.0578. The van der Waals surface area contributed by atoms with Crippen LogP contribution >= 0.6 is 11.3 Å². The van der Waals surface area contributed by atoms with E-state index in [9.17, 15) is 9.59 Å². The topological polar surface area (TPSA) is 83.6 Å². The molecule has 154 valence electrons. The number of hydrogen-bond acceptors (Lipinski definition) is 5. The molecule has 8 heteroatoms. The van der Waals surface area contributed by atoms with Gasteiger partial charge in [-0.3, -0.25) is 4.79 Å². The number of carbonyl (C=O) groups is 2. The van der Waals surface area contributed by atoms with Gasteiger partial charge in [0.2, 0.25) is 5.91 Å². The summed E-state index contributed by atoms with van der Waals surface area (Å²) in [4.78, 5) is 32.1. The third kappa shape index (κ3) is 4.70. The minimum atomic E-state index is -0.0578. The van der Waals surface area contributed by atoms with Crippen molar-refractivity contribution in [2.75, 3.05) is 25.5 Å². The highest BCUT2D eigenvalue weighted by Crippen LogP contribution is 2.31. The highest BCUT2D eigenvalue weighted by Gasteiger charge is 2.28. The van der Waals surface area contributed by atoms with E-state index < -0.39 is 0 Å². The third-order valence-corrected chi connectivity index (χ3v) is 6.57. The van der Waals surface area contributed by atoms with E-state index in [0.29, 0.717) is 24.8 Å². The van der Waals surface area contributed by atoms with Crippen molar-refractivity contribution in [1.29, 1.82) is 0 Å². The number of thiazole rings is 1. The maximum Gasteiger partial charge on any atom is 0.317 e. The number of hydrogen-bond donors (Lipinski definition) is 2. The summed E-state index contributed by atoms with van der Waals surface area (Å²) in [5, 5.41) is 6.61. The lowest BCUT2D eigenvalue weighted by Gasteiger charge is -2.26. The first-order chi connectivity index (χ1) is 14.1. The molecule has 0 atom stereocenters. The van der Waals surface area contributed by atoms with Gasteiger partial charge in [-0.25, -0.2) is 9.78 Å². The highest BCUT2D eigenvalue weighted by molar-refractivity contribution is 7.15. The quantitative estimate of drug-likeness (QED) is 0.760. The van der Waals surface area contributed by atoms with Crippen LogP contribution in [0.1, 0.15) is 35.4 Å². The van der Waals surface area contributed by atoms with E-state index in [-0.39, 0.29) is 17.9 Å². The number of anilines is 1. The van der Waals surface area contributed by atoms with Crippen LogP contribution in [0.2, 0.25) is 0 Å². The van der Waals surface area contributed by atoms with E-state index in [4.69, 9.17) is 4.74 Å². The number of aromatic nitrogens is 1. The maximum atomic E-state index is 12.5. The molecule has 1 saturated carbocycles. The zero-order valence-electron chi connectivity index (χ0n) is 16.6. The Morgan fingerprint density at radius 3 is 2.76 bits per heavy atom. The van der Waals surface area contributed by atoms with Gasteiger partial charge in [0.15, 0.2) is 5.13 Å². The van der Waals surface area contributed by atoms with Crippen LogP contribution in [-0.4, -0.2) is 42.0 Å². The van der Waals surface area contributed by atoms with Crippen LogP contribution in [-0.2, 0) is 24.2 Å². The van der Waals surface area contributed by atoms with Gasteiger partial charge in [-0.05, 0) is 37.0 Å².